The molecule has 0 aromatic carbocycles. The Bertz CT molecular complexity index is 480. The normalized spacial score (nSPS) is 27.6. The van der Waals surface area contributed by atoms with Gasteiger partial charge in [-0.3, -0.25) is 0 Å². The van der Waals surface area contributed by atoms with E-state index in [9.17, 15) is 0 Å². The van der Waals surface area contributed by atoms with Gasteiger partial charge >= 0.3 is 0 Å². The topological polar surface area (TPSA) is 18.5 Å². The molecular weight excluding hydrogens is 432 g/mol. The summed E-state index contributed by atoms with van der Waals surface area (Å²) in [5.74, 6) is 0. The van der Waals surface area contributed by atoms with Gasteiger partial charge in [0.1, 0.15) is 0 Å². The van der Waals surface area contributed by atoms with Crippen molar-refractivity contribution in [2.45, 2.75) is 127 Å². The molecule has 1 fully saturated rings. The maximum Gasteiger partial charge on any atom is 0.195 e. The number of hydrogen-bond donors (Lipinski definition) is 0. The molecule has 3 atom stereocenters. The first-order valence-electron chi connectivity index (χ1n) is 10.9. The van der Waals surface area contributed by atoms with E-state index in [0.717, 1.165) is 12.8 Å². The van der Waals surface area contributed by atoms with Crippen LogP contribution in [0.2, 0.25) is 43.8 Å². The van der Waals surface area contributed by atoms with Crippen LogP contribution in [0, 0.1) is 0 Å². The molecule has 1 saturated heterocycles. The summed E-state index contributed by atoms with van der Waals surface area (Å²) in [6.45, 7) is 21.2. The lowest BCUT2D eigenvalue weighted by molar-refractivity contribution is -0.0871. The highest BCUT2D eigenvalue weighted by molar-refractivity contribution is 9.10. The molecule has 1 heterocycles. The number of rotatable bonds is 10. The second kappa shape index (κ2) is 10.1. The van der Waals surface area contributed by atoms with Crippen LogP contribution in [0.1, 0.15) is 66.2 Å². The molecule has 0 N–H and O–H groups in total. The lowest BCUT2D eigenvalue weighted by Gasteiger charge is -2.42. The van der Waals surface area contributed by atoms with Crippen LogP contribution in [0.5, 0.6) is 0 Å². The Balaban J connectivity index is 2.82. The number of allylic oxidation sites excluding steroid dienone is 1. The summed E-state index contributed by atoms with van der Waals surface area (Å²) in [7, 11) is -3.12. The Morgan fingerprint density at radius 1 is 1.11 bits per heavy atom. The summed E-state index contributed by atoms with van der Waals surface area (Å²) in [6.07, 6.45) is 12.0. The highest BCUT2D eigenvalue weighted by atomic mass is 79.9. The highest BCUT2D eigenvalue weighted by Gasteiger charge is 2.52. The van der Waals surface area contributed by atoms with Crippen molar-refractivity contribution < 1.29 is 9.16 Å². The molecule has 0 aromatic heterocycles. The summed E-state index contributed by atoms with van der Waals surface area (Å²) < 4.78 is 13.3. The minimum absolute atomic E-state index is 0.0340. The maximum atomic E-state index is 6.78. The van der Waals surface area contributed by atoms with Gasteiger partial charge in [-0.2, -0.15) is 0 Å². The molecule has 0 aromatic rings. The second-order valence-electron chi connectivity index (χ2n) is 11.1. The zero-order valence-corrected chi connectivity index (χ0v) is 23.0. The van der Waals surface area contributed by atoms with Crippen LogP contribution in [0.4, 0.5) is 0 Å². The number of alkyl halides is 1. The van der Waals surface area contributed by atoms with Crippen LogP contribution in [0.3, 0.4) is 0 Å². The molecule has 0 radical (unpaired) electrons. The fourth-order valence-corrected chi connectivity index (χ4v) is 9.95. The fourth-order valence-electron chi connectivity index (χ4n) is 3.45. The van der Waals surface area contributed by atoms with Gasteiger partial charge in [0.25, 0.3) is 0 Å². The van der Waals surface area contributed by atoms with Gasteiger partial charge in [0.05, 0.1) is 10.4 Å². The number of halogens is 1. The highest BCUT2D eigenvalue weighted by Crippen LogP contribution is 2.48. The average Bonchev–Trinajstić information content (AvgIpc) is 2.74. The Morgan fingerprint density at radius 3 is 2.26 bits per heavy atom. The average molecular weight is 478 g/mol. The molecule has 160 valence electrons. The largest absolute Gasteiger partial charge is 0.391 e. The third-order valence-corrected chi connectivity index (χ3v) is 13.5. The van der Waals surface area contributed by atoms with Crippen molar-refractivity contribution in [1.29, 1.82) is 0 Å². The molecule has 0 amide bonds. The summed E-state index contributed by atoms with van der Waals surface area (Å²) in [5, 5.41) is 0.195. The van der Waals surface area contributed by atoms with E-state index in [0.29, 0.717) is 0 Å². The van der Waals surface area contributed by atoms with Crippen LogP contribution in [0.25, 0.3) is 0 Å². The van der Waals surface area contributed by atoms with Crippen molar-refractivity contribution in [3.8, 4) is 0 Å². The van der Waals surface area contributed by atoms with Gasteiger partial charge in [0, 0.05) is 8.07 Å². The summed E-state index contributed by atoms with van der Waals surface area (Å²) in [4.78, 5) is 0. The van der Waals surface area contributed by atoms with Crippen molar-refractivity contribution in [3.05, 3.63) is 12.2 Å². The van der Waals surface area contributed by atoms with Crippen molar-refractivity contribution in [1.82, 2.24) is 0 Å². The van der Waals surface area contributed by atoms with Crippen LogP contribution in [-0.2, 0) is 9.16 Å². The van der Waals surface area contributed by atoms with Gasteiger partial charge < -0.3 is 9.16 Å². The third kappa shape index (κ3) is 8.45. The molecule has 1 aliphatic rings. The maximum absolute atomic E-state index is 6.78. The molecule has 2 nitrogen and oxygen atoms in total. The molecule has 5 heteroatoms. The predicted octanol–water partition coefficient (Wildman–Crippen LogP) is 8.12. The van der Waals surface area contributed by atoms with E-state index in [4.69, 9.17) is 9.16 Å². The minimum Gasteiger partial charge on any atom is -0.391 e. The lowest BCUT2D eigenvalue weighted by Crippen LogP contribution is -2.50. The zero-order valence-electron chi connectivity index (χ0n) is 19.5. The molecular formula is C22H45BrO2Si2. The zero-order chi connectivity index (χ0) is 20.9. The minimum atomic E-state index is -1.87. The van der Waals surface area contributed by atoms with E-state index in [1.54, 1.807) is 0 Å². The lowest BCUT2D eigenvalue weighted by atomic mass is 10.0. The van der Waals surface area contributed by atoms with Crippen molar-refractivity contribution in [2.24, 2.45) is 0 Å². The van der Waals surface area contributed by atoms with Crippen LogP contribution in [-0.4, -0.2) is 33.1 Å². The van der Waals surface area contributed by atoms with Gasteiger partial charge in [-0.25, -0.2) is 0 Å². The first-order valence-corrected chi connectivity index (χ1v) is 18.3. The van der Waals surface area contributed by atoms with Crippen LogP contribution >= 0.6 is 15.9 Å². The van der Waals surface area contributed by atoms with Crippen LogP contribution in [0.15, 0.2) is 12.2 Å². The van der Waals surface area contributed by atoms with E-state index in [-0.39, 0.29) is 21.8 Å². The Hall–Kier alpha value is 0.574. The molecule has 27 heavy (non-hydrogen) atoms. The van der Waals surface area contributed by atoms with Gasteiger partial charge in [-0.15, -0.1) is 0 Å². The number of unbranched alkanes of at least 4 members (excludes halogenated alkanes) is 3. The van der Waals surface area contributed by atoms with Crippen molar-refractivity contribution in [2.75, 3.05) is 0 Å². The molecule has 0 saturated carbocycles. The monoisotopic (exact) mass is 476 g/mol. The third-order valence-electron chi connectivity index (χ3n) is 5.88. The Morgan fingerprint density at radius 2 is 1.74 bits per heavy atom. The first kappa shape index (κ1) is 25.6. The van der Waals surface area contributed by atoms with E-state index in [1.807, 2.05) is 0 Å². The molecule has 0 aliphatic carbocycles. The van der Waals surface area contributed by atoms with E-state index in [1.165, 1.54) is 31.7 Å². The van der Waals surface area contributed by atoms with Crippen molar-refractivity contribution >= 4 is 32.3 Å². The Kier molecular flexibility index (Phi) is 9.54. The van der Waals surface area contributed by atoms with Gasteiger partial charge in [-0.05, 0) is 49.9 Å². The molecule has 0 spiro atoms. The van der Waals surface area contributed by atoms with E-state index < -0.39 is 16.4 Å². The van der Waals surface area contributed by atoms with E-state index >= 15 is 0 Å². The van der Waals surface area contributed by atoms with Crippen molar-refractivity contribution in [3.63, 3.8) is 0 Å². The van der Waals surface area contributed by atoms with Crippen LogP contribution < -0.4 is 0 Å². The smallest absolute Gasteiger partial charge is 0.195 e. The first-order chi connectivity index (χ1) is 12.2. The van der Waals surface area contributed by atoms with Gasteiger partial charge in [0.2, 0.25) is 0 Å². The molecule has 1 unspecified atom stereocenters. The summed E-state index contributed by atoms with van der Waals surface area (Å²) in [5.41, 5.74) is 0. The molecule has 1 aliphatic heterocycles. The van der Waals surface area contributed by atoms with Gasteiger partial charge in [0.15, 0.2) is 14.6 Å². The predicted molar refractivity (Wildman–Crippen MR) is 129 cm³/mol. The number of hydrogen-bond acceptors (Lipinski definition) is 2. The van der Waals surface area contributed by atoms with Gasteiger partial charge in [-0.1, -0.05) is 88.3 Å². The standard InChI is InChI=1S/C22H45BrO2Si2/c1-10-11-12-13-14-15-16-19-17-22(23,18-26(5,6)7)20(24-19)25-27(8,9)21(2,3)4/h14-15,19-20H,10-13,16-18H2,1-9H3/b15-14+/t19?,20-,22-/m0/s1. The summed E-state index contributed by atoms with van der Waals surface area (Å²) in [6, 6.07) is 1.19. The fraction of sp³-hybridized carbons (Fsp3) is 0.909. The SMILES string of the molecule is CCCCC/C=C/CC1C[C@](Br)(C[Si](C)(C)C)[C@H](O[Si](C)(C)C(C)(C)C)O1. The quantitative estimate of drug-likeness (QED) is 0.137. The Labute approximate surface area is 180 Å². The summed E-state index contributed by atoms with van der Waals surface area (Å²) >= 11 is 4.13. The second-order valence-corrected chi connectivity index (χ2v) is 23.0. The molecule has 0 bridgehead atoms. The van der Waals surface area contributed by atoms with E-state index in [2.05, 4.69) is 88.5 Å². The number of ether oxygens (including phenoxy) is 1. The molecule has 1 rings (SSSR count).